The van der Waals surface area contributed by atoms with E-state index in [1.807, 2.05) is 6.08 Å². The summed E-state index contributed by atoms with van der Waals surface area (Å²) < 4.78 is 0. The van der Waals surface area contributed by atoms with E-state index in [2.05, 4.69) is 271 Å². The number of fused-ring (bicyclic) bond motifs is 7. The van der Waals surface area contributed by atoms with Gasteiger partial charge in [0.1, 0.15) is 0 Å². The molecule has 1 unspecified atom stereocenters. The van der Waals surface area contributed by atoms with Gasteiger partial charge in [-0.1, -0.05) is 231 Å². The van der Waals surface area contributed by atoms with Crippen molar-refractivity contribution in [2.75, 3.05) is 4.90 Å². The largest absolute Gasteiger partial charge is 0.354 e. The van der Waals surface area contributed by atoms with E-state index in [0.717, 1.165) is 35.4 Å². The molecule has 0 bridgehead atoms. The predicted molar refractivity (Wildman–Crippen MR) is 294 cm³/mol. The summed E-state index contributed by atoms with van der Waals surface area (Å²) in [6.45, 7) is 4.14. The lowest BCUT2D eigenvalue weighted by molar-refractivity contribution is 0.691. The SMILES string of the molecule is C=Cc1cccc2c1C(C1=CC=CCC1)(c1ccccc1)c1ccccc1-2.c1ccc(-c2ccc(N(c3cccc(-c4ccc5c(c4)[nH]c4ccccc45)c3)c3cccc4ccccc34)cc2)cc1. The van der Waals surface area contributed by atoms with E-state index in [1.54, 1.807) is 0 Å². The van der Waals surface area contributed by atoms with Gasteiger partial charge < -0.3 is 9.88 Å². The molecule has 69 heavy (non-hydrogen) atoms. The van der Waals surface area contributed by atoms with E-state index in [0.29, 0.717) is 0 Å². The summed E-state index contributed by atoms with van der Waals surface area (Å²) in [5.74, 6) is 0. The van der Waals surface area contributed by atoms with Crippen molar-refractivity contribution in [1.82, 2.24) is 4.98 Å². The zero-order valence-corrected chi connectivity index (χ0v) is 38.4. The van der Waals surface area contributed by atoms with Gasteiger partial charge in [-0.2, -0.15) is 0 Å². The molecular weight excluding hydrogens is 833 g/mol. The van der Waals surface area contributed by atoms with Crippen LogP contribution in [0.2, 0.25) is 0 Å². The summed E-state index contributed by atoms with van der Waals surface area (Å²) in [5.41, 5.74) is 19.7. The Morgan fingerprint density at radius 3 is 1.94 bits per heavy atom. The minimum absolute atomic E-state index is 0.247. The lowest BCUT2D eigenvalue weighted by Gasteiger charge is -2.37. The molecule has 1 atom stereocenters. The molecule has 1 heterocycles. The number of allylic oxidation sites excluding steroid dienone is 4. The van der Waals surface area contributed by atoms with E-state index in [1.165, 1.54) is 88.3 Å². The van der Waals surface area contributed by atoms with Crippen molar-refractivity contribution in [2.45, 2.75) is 18.3 Å². The molecule has 10 aromatic carbocycles. The van der Waals surface area contributed by atoms with E-state index >= 15 is 0 Å². The number of hydrogen-bond acceptors (Lipinski definition) is 1. The highest BCUT2D eigenvalue weighted by Gasteiger charge is 2.48. The number of rotatable bonds is 8. The van der Waals surface area contributed by atoms with Gasteiger partial charge in [-0.05, 0) is 116 Å². The molecule has 0 saturated heterocycles. The monoisotopic (exact) mass is 882 g/mol. The number of hydrogen-bond donors (Lipinski definition) is 1. The van der Waals surface area contributed by atoms with Crippen LogP contribution in [0.25, 0.3) is 72.0 Å². The van der Waals surface area contributed by atoms with E-state index < -0.39 is 0 Å². The Morgan fingerprint density at radius 2 is 1.12 bits per heavy atom. The minimum atomic E-state index is -0.247. The summed E-state index contributed by atoms with van der Waals surface area (Å²) in [6, 6.07) is 85.3. The zero-order valence-electron chi connectivity index (χ0n) is 38.4. The number of aromatic amines is 1. The van der Waals surface area contributed by atoms with Gasteiger partial charge in [0.05, 0.1) is 11.1 Å². The number of para-hydroxylation sites is 1. The molecule has 0 spiro atoms. The Kier molecular flexibility index (Phi) is 10.8. The van der Waals surface area contributed by atoms with E-state index in [-0.39, 0.29) is 5.41 Å². The third kappa shape index (κ3) is 7.30. The summed E-state index contributed by atoms with van der Waals surface area (Å²) in [6.07, 6.45) is 11.0. The summed E-state index contributed by atoms with van der Waals surface area (Å²) in [7, 11) is 0. The van der Waals surface area contributed by atoms with Gasteiger partial charge in [0.25, 0.3) is 0 Å². The van der Waals surface area contributed by atoms with Gasteiger partial charge in [0, 0.05) is 38.6 Å². The average molecular weight is 883 g/mol. The molecule has 0 fully saturated rings. The zero-order chi connectivity index (χ0) is 46.2. The summed E-state index contributed by atoms with van der Waals surface area (Å²) >= 11 is 0. The van der Waals surface area contributed by atoms with Crippen LogP contribution < -0.4 is 4.90 Å². The fourth-order valence-corrected chi connectivity index (χ4v) is 11.1. The number of anilines is 3. The standard InChI is InChI=1S/C40H28N2.C27H22/c1-2-10-28(11-3-1)29-20-23-33(24-21-29)42(40-19-9-13-30-12-4-5-16-35(30)40)34-15-8-14-31(26-34)32-22-25-37-36-17-6-7-18-38(36)41-39(37)27-32;1-2-20-12-11-18-24-23-17-9-10-19-25(23)27(26(20)24,21-13-5-3-6-14-21)22-15-7-4-8-16-22/h1-27,41H;2-7,9-15,17-19H,1,8,16H2. The molecule has 0 amide bonds. The molecule has 2 aliphatic rings. The Bertz CT molecular complexity index is 3740. The predicted octanol–water partition coefficient (Wildman–Crippen LogP) is 18.2. The first-order chi connectivity index (χ1) is 34.2. The maximum atomic E-state index is 4.14. The molecule has 328 valence electrons. The molecule has 11 aromatic rings. The number of nitrogens with zero attached hydrogens (tertiary/aromatic N) is 1. The first-order valence-corrected chi connectivity index (χ1v) is 24.0. The average Bonchev–Trinajstić information content (AvgIpc) is 3.96. The van der Waals surface area contributed by atoms with E-state index in [9.17, 15) is 0 Å². The van der Waals surface area contributed by atoms with Gasteiger partial charge in [-0.25, -0.2) is 0 Å². The number of nitrogens with one attached hydrogen (secondary N) is 1. The van der Waals surface area contributed by atoms with Crippen LogP contribution in [0.3, 0.4) is 0 Å². The van der Waals surface area contributed by atoms with Crippen molar-refractivity contribution >= 4 is 55.7 Å². The first kappa shape index (κ1) is 41.7. The van der Waals surface area contributed by atoms with Crippen molar-refractivity contribution < 1.29 is 0 Å². The lowest BCUT2D eigenvalue weighted by atomic mass is 9.64. The Hall–Kier alpha value is -8.72. The molecule has 1 aromatic heterocycles. The maximum absolute atomic E-state index is 4.14. The molecule has 1 N–H and O–H groups in total. The number of H-pyrrole nitrogens is 1. The minimum Gasteiger partial charge on any atom is -0.354 e. The van der Waals surface area contributed by atoms with Gasteiger partial charge in [-0.15, -0.1) is 0 Å². The third-order valence-corrected chi connectivity index (χ3v) is 14.2. The molecule has 0 saturated carbocycles. The van der Waals surface area contributed by atoms with E-state index in [4.69, 9.17) is 0 Å². The van der Waals surface area contributed by atoms with Crippen LogP contribution in [-0.4, -0.2) is 4.98 Å². The lowest BCUT2D eigenvalue weighted by Crippen LogP contribution is -2.31. The highest BCUT2D eigenvalue weighted by Crippen LogP contribution is 2.58. The van der Waals surface area contributed by atoms with Gasteiger partial charge in [-0.3, -0.25) is 0 Å². The molecule has 0 radical (unpaired) electrons. The van der Waals surface area contributed by atoms with Crippen LogP contribution in [0.5, 0.6) is 0 Å². The van der Waals surface area contributed by atoms with Gasteiger partial charge >= 0.3 is 0 Å². The van der Waals surface area contributed by atoms with Gasteiger partial charge in [0.2, 0.25) is 0 Å². The molecular formula is C67H50N2. The van der Waals surface area contributed by atoms with Crippen molar-refractivity contribution in [1.29, 1.82) is 0 Å². The Balaban J connectivity index is 0.000000157. The highest BCUT2D eigenvalue weighted by molar-refractivity contribution is 6.08. The van der Waals surface area contributed by atoms with Crippen molar-refractivity contribution in [2.24, 2.45) is 0 Å². The van der Waals surface area contributed by atoms with Crippen LogP contribution in [0.15, 0.2) is 267 Å². The first-order valence-electron chi connectivity index (χ1n) is 24.0. The Morgan fingerprint density at radius 1 is 0.478 bits per heavy atom. The summed E-state index contributed by atoms with van der Waals surface area (Å²) in [5, 5.41) is 4.95. The molecule has 2 heteroatoms. The second kappa shape index (κ2) is 17.8. The number of aromatic nitrogens is 1. The van der Waals surface area contributed by atoms with Crippen LogP contribution in [0, 0.1) is 0 Å². The van der Waals surface area contributed by atoms with Crippen LogP contribution in [0.1, 0.15) is 35.1 Å². The van der Waals surface area contributed by atoms with Crippen LogP contribution in [0.4, 0.5) is 17.1 Å². The summed E-state index contributed by atoms with van der Waals surface area (Å²) in [4.78, 5) is 5.98. The fraction of sp³-hybridized carbons (Fsp3) is 0.0448. The number of benzene rings is 10. The van der Waals surface area contributed by atoms with Crippen molar-refractivity contribution in [3.63, 3.8) is 0 Å². The molecule has 13 rings (SSSR count). The third-order valence-electron chi connectivity index (χ3n) is 14.2. The maximum Gasteiger partial charge on any atom is 0.0682 e. The second-order valence-corrected chi connectivity index (χ2v) is 18.0. The topological polar surface area (TPSA) is 19.0 Å². The second-order valence-electron chi connectivity index (χ2n) is 18.0. The quantitative estimate of drug-likeness (QED) is 0.161. The van der Waals surface area contributed by atoms with Crippen LogP contribution >= 0.6 is 0 Å². The van der Waals surface area contributed by atoms with Gasteiger partial charge in [0.15, 0.2) is 0 Å². The van der Waals surface area contributed by atoms with Crippen molar-refractivity contribution in [3.05, 3.63) is 289 Å². The molecule has 0 aliphatic heterocycles. The van der Waals surface area contributed by atoms with Crippen LogP contribution in [-0.2, 0) is 5.41 Å². The highest BCUT2D eigenvalue weighted by atomic mass is 15.1. The van der Waals surface area contributed by atoms with Crippen molar-refractivity contribution in [3.8, 4) is 33.4 Å². The molecule has 2 aliphatic carbocycles. The molecule has 2 nitrogen and oxygen atoms in total. The normalized spacial score (nSPS) is 14.7. The smallest absolute Gasteiger partial charge is 0.0682 e. The Labute approximate surface area is 404 Å². The fourth-order valence-electron chi connectivity index (χ4n) is 11.1.